The molecule has 0 saturated heterocycles. The van der Waals surface area contributed by atoms with Crippen molar-refractivity contribution in [1.82, 2.24) is 0 Å². The maximum Gasteiger partial charge on any atom is 0.126 e. The molecule has 0 aliphatic heterocycles. The van der Waals surface area contributed by atoms with Gasteiger partial charge in [0.05, 0.1) is 0 Å². The maximum atomic E-state index is 10.1. The lowest BCUT2D eigenvalue weighted by Crippen LogP contribution is -1.86. The van der Waals surface area contributed by atoms with Gasteiger partial charge in [-0.2, -0.15) is 0 Å². The minimum absolute atomic E-state index is 0.0300. The molecule has 3 heteroatoms. The summed E-state index contributed by atoms with van der Waals surface area (Å²) in [6, 6.07) is 7.92. The van der Waals surface area contributed by atoms with Crippen molar-refractivity contribution in [2.75, 3.05) is 0 Å². The highest BCUT2D eigenvalue weighted by molar-refractivity contribution is 5.74. The summed E-state index contributed by atoms with van der Waals surface area (Å²) in [5.41, 5.74) is 2.98. The third kappa shape index (κ3) is 2.04. The average Bonchev–Trinajstić information content (AvgIpc) is 2.24. The molecule has 3 nitrogen and oxygen atoms in total. The molecular weight excluding hydrogens is 216 g/mol. The Morgan fingerprint density at radius 1 is 0.824 bits per heavy atom. The summed E-state index contributed by atoms with van der Waals surface area (Å²) >= 11 is 0. The van der Waals surface area contributed by atoms with Crippen LogP contribution in [-0.2, 0) is 0 Å². The Morgan fingerprint density at radius 3 is 2.00 bits per heavy atom. The fourth-order valence-electron chi connectivity index (χ4n) is 1.78. The van der Waals surface area contributed by atoms with Gasteiger partial charge in [-0.1, -0.05) is 12.1 Å². The lowest BCUT2D eigenvalue weighted by atomic mass is 9.98. The van der Waals surface area contributed by atoms with Crippen molar-refractivity contribution >= 4 is 0 Å². The van der Waals surface area contributed by atoms with Crippen LogP contribution in [-0.4, -0.2) is 15.3 Å². The molecule has 0 unspecified atom stereocenters. The summed E-state index contributed by atoms with van der Waals surface area (Å²) in [4.78, 5) is 0. The fraction of sp³-hybridized carbons (Fsp3) is 0.143. The number of phenols is 3. The minimum Gasteiger partial charge on any atom is -0.508 e. The van der Waals surface area contributed by atoms with Crippen molar-refractivity contribution in [3.8, 4) is 28.4 Å². The molecule has 0 aliphatic carbocycles. The molecule has 0 fully saturated rings. The number of phenolic OH excluding ortho intramolecular Hbond substituents is 3. The molecule has 2 aromatic rings. The second-order valence-electron chi connectivity index (χ2n) is 4.14. The van der Waals surface area contributed by atoms with Crippen molar-refractivity contribution in [3.63, 3.8) is 0 Å². The zero-order valence-corrected chi connectivity index (χ0v) is 9.73. The van der Waals surface area contributed by atoms with Crippen LogP contribution < -0.4 is 0 Å². The first kappa shape index (κ1) is 11.3. The predicted molar refractivity (Wildman–Crippen MR) is 66.3 cm³/mol. The molecule has 0 aromatic heterocycles. The van der Waals surface area contributed by atoms with E-state index in [1.807, 2.05) is 19.9 Å². The number of hydrogen-bond acceptors (Lipinski definition) is 3. The van der Waals surface area contributed by atoms with E-state index in [2.05, 4.69) is 0 Å². The average molecular weight is 230 g/mol. The second-order valence-corrected chi connectivity index (χ2v) is 4.14. The first-order chi connectivity index (χ1) is 7.99. The molecule has 3 N–H and O–H groups in total. The largest absolute Gasteiger partial charge is 0.508 e. The van der Waals surface area contributed by atoms with E-state index >= 15 is 0 Å². The highest BCUT2D eigenvalue weighted by Gasteiger charge is 2.10. The number of benzene rings is 2. The molecule has 2 aromatic carbocycles. The SMILES string of the molecule is Cc1ccc(-c2cc(O)cc(O)c2)c(O)c1C. The summed E-state index contributed by atoms with van der Waals surface area (Å²) in [5.74, 6) is 0.116. The maximum absolute atomic E-state index is 10.1. The van der Waals surface area contributed by atoms with Crippen LogP contribution in [0, 0.1) is 13.8 Å². The van der Waals surface area contributed by atoms with Crippen LogP contribution in [0.15, 0.2) is 30.3 Å². The molecule has 2 rings (SSSR count). The van der Waals surface area contributed by atoms with Gasteiger partial charge in [0.1, 0.15) is 17.2 Å². The van der Waals surface area contributed by atoms with Crippen LogP contribution in [0.25, 0.3) is 11.1 Å². The van der Waals surface area contributed by atoms with Gasteiger partial charge in [-0.05, 0) is 42.7 Å². The van der Waals surface area contributed by atoms with E-state index < -0.39 is 0 Å². The summed E-state index contributed by atoms with van der Waals surface area (Å²) in [6.45, 7) is 3.75. The lowest BCUT2D eigenvalue weighted by molar-refractivity contribution is 0.450. The van der Waals surface area contributed by atoms with Gasteiger partial charge in [0.25, 0.3) is 0 Å². The zero-order chi connectivity index (χ0) is 12.6. The first-order valence-corrected chi connectivity index (χ1v) is 5.31. The molecule has 0 spiro atoms. The number of rotatable bonds is 1. The summed E-state index contributed by atoms with van der Waals surface area (Å²) in [5, 5.41) is 28.9. The highest BCUT2D eigenvalue weighted by atomic mass is 16.3. The van der Waals surface area contributed by atoms with Crippen LogP contribution in [0.3, 0.4) is 0 Å². The molecule has 0 radical (unpaired) electrons. The molecule has 0 aliphatic rings. The van der Waals surface area contributed by atoms with Crippen LogP contribution in [0.2, 0.25) is 0 Å². The fourth-order valence-corrected chi connectivity index (χ4v) is 1.78. The van der Waals surface area contributed by atoms with Crippen molar-refractivity contribution < 1.29 is 15.3 Å². The zero-order valence-electron chi connectivity index (χ0n) is 9.73. The van der Waals surface area contributed by atoms with E-state index in [9.17, 15) is 15.3 Å². The van der Waals surface area contributed by atoms with E-state index in [-0.39, 0.29) is 17.2 Å². The van der Waals surface area contributed by atoms with Gasteiger partial charge in [-0.25, -0.2) is 0 Å². The molecule has 0 heterocycles. The molecule has 0 saturated carbocycles. The van der Waals surface area contributed by atoms with Gasteiger partial charge in [0.2, 0.25) is 0 Å². The Kier molecular flexibility index (Phi) is 2.68. The van der Waals surface area contributed by atoms with Gasteiger partial charge < -0.3 is 15.3 Å². The second kappa shape index (κ2) is 4.01. The molecular formula is C14H14O3. The third-order valence-electron chi connectivity index (χ3n) is 2.92. The summed E-state index contributed by atoms with van der Waals surface area (Å²) in [6.07, 6.45) is 0. The van der Waals surface area contributed by atoms with Crippen LogP contribution in [0.5, 0.6) is 17.2 Å². The Labute approximate surface area is 99.6 Å². The van der Waals surface area contributed by atoms with Crippen LogP contribution >= 0.6 is 0 Å². The van der Waals surface area contributed by atoms with Gasteiger partial charge in [-0.3, -0.25) is 0 Å². The van der Waals surface area contributed by atoms with Gasteiger partial charge >= 0.3 is 0 Å². The third-order valence-corrected chi connectivity index (χ3v) is 2.92. The van der Waals surface area contributed by atoms with E-state index in [1.54, 1.807) is 6.07 Å². The number of aryl methyl sites for hydroxylation is 1. The lowest BCUT2D eigenvalue weighted by Gasteiger charge is -2.10. The smallest absolute Gasteiger partial charge is 0.126 e. The predicted octanol–water partition coefficient (Wildman–Crippen LogP) is 3.09. The van der Waals surface area contributed by atoms with Crippen molar-refractivity contribution in [1.29, 1.82) is 0 Å². The molecule has 0 atom stereocenters. The van der Waals surface area contributed by atoms with E-state index in [4.69, 9.17) is 0 Å². The molecule has 0 bridgehead atoms. The highest BCUT2D eigenvalue weighted by Crippen LogP contribution is 2.36. The topological polar surface area (TPSA) is 60.7 Å². The van der Waals surface area contributed by atoms with E-state index in [0.29, 0.717) is 11.1 Å². The standard InChI is InChI=1S/C14H14O3/c1-8-3-4-13(14(17)9(8)2)10-5-11(15)7-12(16)6-10/h3-7,15-17H,1-2H3. The molecule has 0 amide bonds. The van der Waals surface area contributed by atoms with Crippen LogP contribution in [0.4, 0.5) is 0 Å². The van der Waals surface area contributed by atoms with Crippen molar-refractivity contribution in [2.45, 2.75) is 13.8 Å². The normalized spacial score (nSPS) is 10.5. The van der Waals surface area contributed by atoms with E-state index in [0.717, 1.165) is 11.1 Å². The Balaban J connectivity index is 2.64. The first-order valence-electron chi connectivity index (χ1n) is 5.31. The van der Waals surface area contributed by atoms with Gasteiger partial charge in [-0.15, -0.1) is 0 Å². The van der Waals surface area contributed by atoms with Crippen molar-refractivity contribution in [3.05, 3.63) is 41.5 Å². The Hall–Kier alpha value is -2.16. The summed E-state index contributed by atoms with van der Waals surface area (Å²) in [7, 11) is 0. The number of aromatic hydroxyl groups is 3. The van der Waals surface area contributed by atoms with E-state index in [1.165, 1.54) is 18.2 Å². The van der Waals surface area contributed by atoms with Gasteiger partial charge in [0.15, 0.2) is 0 Å². The summed E-state index contributed by atoms with van der Waals surface area (Å²) < 4.78 is 0. The molecule has 88 valence electrons. The van der Waals surface area contributed by atoms with Crippen LogP contribution in [0.1, 0.15) is 11.1 Å². The monoisotopic (exact) mass is 230 g/mol. The molecule has 17 heavy (non-hydrogen) atoms. The number of hydrogen-bond donors (Lipinski definition) is 3. The minimum atomic E-state index is -0.0300. The van der Waals surface area contributed by atoms with Gasteiger partial charge in [0, 0.05) is 11.6 Å². The Bertz CT molecular complexity index is 554. The Morgan fingerprint density at radius 2 is 1.41 bits per heavy atom. The van der Waals surface area contributed by atoms with Crippen molar-refractivity contribution in [2.24, 2.45) is 0 Å². The quantitative estimate of drug-likeness (QED) is 0.705.